The van der Waals surface area contributed by atoms with Crippen molar-refractivity contribution in [3.05, 3.63) is 70.9 Å². The van der Waals surface area contributed by atoms with E-state index < -0.39 is 0 Å². The van der Waals surface area contributed by atoms with Crippen LogP contribution in [0, 0.1) is 18.3 Å². The van der Waals surface area contributed by atoms with Crippen LogP contribution in [0.3, 0.4) is 0 Å². The van der Waals surface area contributed by atoms with Gasteiger partial charge in [0.25, 0.3) is 0 Å². The molecule has 128 valence electrons. The maximum atomic E-state index is 8.88. The molecule has 5 heteroatoms. The Morgan fingerprint density at radius 1 is 1.12 bits per heavy atom. The van der Waals surface area contributed by atoms with E-state index in [9.17, 15) is 0 Å². The fourth-order valence-corrected chi connectivity index (χ4v) is 3.21. The zero-order valence-electron chi connectivity index (χ0n) is 14.6. The monoisotopic (exact) mass is 342 g/mol. The van der Waals surface area contributed by atoms with Crippen molar-refractivity contribution in [1.82, 2.24) is 15.0 Å². The van der Waals surface area contributed by atoms with Gasteiger partial charge in [-0.25, -0.2) is 15.0 Å². The van der Waals surface area contributed by atoms with Gasteiger partial charge in [0.05, 0.1) is 11.6 Å². The molecule has 1 aliphatic carbocycles. The van der Waals surface area contributed by atoms with Crippen LogP contribution < -0.4 is 4.74 Å². The number of aryl methyl sites for hydroxylation is 2. The molecule has 2 heterocycles. The summed E-state index contributed by atoms with van der Waals surface area (Å²) in [6.07, 6.45) is 6.84. The quantitative estimate of drug-likeness (QED) is 0.721. The van der Waals surface area contributed by atoms with Crippen molar-refractivity contribution in [2.75, 3.05) is 0 Å². The normalized spacial score (nSPS) is 12.5. The van der Waals surface area contributed by atoms with Gasteiger partial charge in [0.2, 0.25) is 5.88 Å². The number of hydrogen-bond donors (Lipinski definition) is 0. The average Bonchev–Trinajstić information content (AvgIpc) is 3.15. The first kappa shape index (κ1) is 16.2. The maximum Gasteiger partial charge on any atom is 0.214 e. The van der Waals surface area contributed by atoms with Gasteiger partial charge in [-0.15, -0.1) is 0 Å². The summed E-state index contributed by atoms with van der Waals surface area (Å²) in [6, 6.07) is 11.5. The van der Waals surface area contributed by atoms with E-state index in [1.54, 1.807) is 12.1 Å². The molecule has 26 heavy (non-hydrogen) atoms. The predicted molar refractivity (Wildman–Crippen MR) is 97.5 cm³/mol. The highest BCUT2D eigenvalue weighted by Crippen LogP contribution is 2.33. The van der Waals surface area contributed by atoms with Gasteiger partial charge in [-0.1, -0.05) is 12.1 Å². The summed E-state index contributed by atoms with van der Waals surface area (Å²) in [7, 11) is 0. The largest absolute Gasteiger partial charge is 0.473 e. The molecule has 5 nitrogen and oxygen atoms in total. The second kappa shape index (κ2) is 6.93. The van der Waals surface area contributed by atoms with E-state index in [2.05, 4.69) is 16.0 Å². The summed E-state index contributed by atoms with van der Waals surface area (Å²) < 4.78 is 5.94. The molecule has 1 aromatic carbocycles. The molecule has 0 radical (unpaired) electrons. The maximum absolute atomic E-state index is 8.88. The minimum Gasteiger partial charge on any atom is -0.473 e. The predicted octanol–water partition coefficient (Wildman–Crippen LogP) is 3.79. The van der Waals surface area contributed by atoms with Crippen LogP contribution in [0.25, 0.3) is 11.1 Å². The van der Waals surface area contributed by atoms with E-state index in [0.717, 1.165) is 47.5 Å². The Labute approximate surface area is 152 Å². The fourth-order valence-electron chi connectivity index (χ4n) is 3.21. The summed E-state index contributed by atoms with van der Waals surface area (Å²) in [4.78, 5) is 13.3. The zero-order valence-corrected chi connectivity index (χ0v) is 14.6. The molecule has 0 saturated heterocycles. The van der Waals surface area contributed by atoms with Crippen molar-refractivity contribution >= 4 is 0 Å². The first-order chi connectivity index (χ1) is 12.7. The van der Waals surface area contributed by atoms with Crippen LogP contribution in [0.4, 0.5) is 0 Å². The van der Waals surface area contributed by atoms with Crippen LogP contribution in [0.5, 0.6) is 5.88 Å². The van der Waals surface area contributed by atoms with Gasteiger partial charge in [-0.3, -0.25) is 0 Å². The Balaban J connectivity index is 1.61. The van der Waals surface area contributed by atoms with Gasteiger partial charge in [0.15, 0.2) is 0 Å². The number of nitriles is 1. The van der Waals surface area contributed by atoms with Crippen molar-refractivity contribution in [2.24, 2.45) is 0 Å². The minimum absolute atomic E-state index is 0.418. The van der Waals surface area contributed by atoms with Crippen LogP contribution in [-0.4, -0.2) is 15.0 Å². The van der Waals surface area contributed by atoms with E-state index in [1.165, 1.54) is 5.56 Å². The standard InChI is InChI=1S/C21H18N4O/c1-14-23-11-17(12-24-14)19-9-21(25-20-4-2-3-18(19)20)26-13-16-7-5-15(10-22)6-8-16/h5-9,11-12H,2-4,13H2,1H3. The molecule has 3 aromatic rings. The molecular weight excluding hydrogens is 324 g/mol. The Morgan fingerprint density at radius 2 is 1.88 bits per heavy atom. The zero-order chi connectivity index (χ0) is 17.9. The molecule has 0 aliphatic heterocycles. The van der Waals surface area contributed by atoms with Gasteiger partial charge in [0.1, 0.15) is 12.4 Å². The number of fused-ring (bicyclic) bond motifs is 1. The van der Waals surface area contributed by atoms with E-state index >= 15 is 0 Å². The van der Waals surface area contributed by atoms with E-state index in [4.69, 9.17) is 15.0 Å². The van der Waals surface area contributed by atoms with Gasteiger partial charge < -0.3 is 4.74 Å². The summed E-state index contributed by atoms with van der Waals surface area (Å²) in [5, 5.41) is 8.88. The number of rotatable bonds is 4. The lowest BCUT2D eigenvalue weighted by atomic mass is 10.0. The van der Waals surface area contributed by atoms with Crippen LogP contribution in [0.1, 0.15) is 34.6 Å². The second-order valence-corrected chi connectivity index (χ2v) is 6.40. The molecule has 0 atom stereocenters. The molecular formula is C21H18N4O. The molecule has 0 amide bonds. The first-order valence-electron chi connectivity index (χ1n) is 8.66. The lowest BCUT2D eigenvalue weighted by Gasteiger charge is -2.12. The molecule has 1 aliphatic rings. The number of ether oxygens (including phenoxy) is 1. The Bertz CT molecular complexity index is 973. The molecule has 4 rings (SSSR count). The molecule has 0 N–H and O–H groups in total. The number of pyridine rings is 1. The Kier molecular flexibility index (Phi) is 4.32. The first-order valence-corrected chi connectivity index (χ1v) is 8.66. The van der Waals surface area contributed by atoms with Gasteiger partial charge >= 0.3 is 0 Å². The van der Waals surface area contributed by atoms with Crippen molar-refractivity contribution < 1.29 is 4.74 Å². The number of nitrogens with zero attached hydrogens (tertiary/aromatic N) is 4. The summed E-state index contributed by atoms with van der Waals surface area (Å²) in [6.45, 7) is 2.30. The number of aromatic nitrogens is 3. The van der Waals surface area contributed by atoms with Gasteiger partial charge in [0, 0.05) is 29.7 Å². The highest BCUT2D eigenvalue weighted by molar-refractivity contribution is 5.68. The van der Waals surface area contributed by atoms with Gasteiger partial charge in [-0.05, 0) is 55.0 Å². The molecule has 2 aromatic heterocycles. The smallest absolute Gasteiger partial charge is 0.214 e. The summed E-state index contributed by atoms with van der Waals surface area (Å²) in [5.74, 6) is 1.38. The summed E-state index contributed by atoms with van der Waals surface area (Å²) >= 11 is 0. The van der Waals surface area contributed by atoms with Gasteiger partial charge in [-0.2, -0.15) is 5.26 Å². The van der Waals surface area contributed by atoms with Crippen molar-refractivity contribution in [1.29, 1.82) is 5.26 Å². The van der Waals surface area contributed by atoms with Crippen LogP contribution in [0.15, 0.2) is 42.7 Å². The third-order valence-corrected chi connectivity index (χ3v) is 4.59. The molecule has 0 unspecified atom stereocenters. The lowest BCUT2D eigenvalue weighted by Crippen LogP contribution is -2.01. The lowest BCUT2D eigenvalue weighted by molar-refractivity contribution is 0.293. The third kappa shape index (κ3) is 3.27. The highest BCUT2D eigenvalue weighted by Gasteiger charge is 2.20. The topological polar surface area (TPSA) is 71.7 Å². The van der Waals surface area contributed by atoms with E-state index in [0.29, 0.717) is 18.1 Å². The second-order valence-electron chi connectivity index (χ2n) is 6.40. The van der Waals surface area contributed by atoms with E-state index in [-0.39, 0.29) is 0 Å². The molecule has 0 spiro atoms. The van der Waals surface area contributed by atoms with Crippen molar-refractivity contribution in [2.45, 2.75) is 32.8 Å². The van der Waals surface area contributed by atoms with Crippen molar-refractivity contribution in [3.63, 3.8) is 0 Å². The summed E-state index contributed by atoms with van der Waals surface area (Å²) in [5.41, 5.74) is 6.15. The molecule has 0 fully saturated rings. The minimum atomic E-state index is 0.418. The van der Waals surface area contributed by atoms with Crippen LogP contribution >= 0.6 is 0 Å². The molecule has 0 bridgehead atoms. The van der Waals surface area contributed by atoms with Crippen LogP contribution in [0.2, 0.25) is 0 Å². The Hall–Kier alpha value is -3.26. The SMILES string of the molecule is Cc1ncc(-c2cc(OCc3ccc(C#N)cc3)nc3c2CCC3)cn1. The highest BCUT2D eigenvalue weighted by atomic mass is 16.5. The fraction of sp³-hybridized carbons (Fsp3) is 0.238. The number of benzene rings is 1. The van der Waals surface area contributed by atoms with Crippen LogP contribution in [-0.2, 0) is 19.4 Å². The average molecular weight is 342 g/mol. The van der Waals surface area contributed by atoms with Crippen molar-refractivity contribution in [3.8, 4) is 23.1 Å². The third-order valence-electron chi connectivity index (χ3n) is 4.59. The van der Waals surface area contributed by atoms with E-state index in [1.807, 2.05) is 37.5 Å². The number of hydrogen-bond acceptors (Lipinski definition) is 5. The molecule has 0 saturated carbocycles. The Morgan fingerprint density at radius 3 is 2.62 bits per heavy atom.